The fourth-order valence-electron chi connectivity index (χ4n) is 2.21. The van der Waals surface area contributed by atoms with E-state index in [1.165, 1.54) is 5.56 Å². The van der Waals surface area contributed by atoms with Crippen molar-refractivity contribution in [2.45, 2.75) is 33.6 Å². The molecule has 0 spiro atoms. The van der Waals surface area contributed by atoms with Crippen molar-refractivity contribution < 1.29 is 0 Å². The average molecular weight is 256 g/mol. The molecule has 4 nitrogen and oxygen atoms in total. The lowest BCUT2D eigenvalue weighted by Crippen LogP contribution is -2.14. The summed E-state index contributed by atoms with van der Waals surface area (Å²) in [5.41, 5.74) is 6.94. The average Bonchev–Trinajstić information content (AvgIpc) is 2.38. The van der Waals surface area contributed by atoms with Gasteiger partial charge in [-0.2, -0.15) is 0 Å². The second kappa shape index (κ2) is 5.36. The van der Waals surface area contributed by atoms with Gasteiger partial charge < -0.3 is 5.43 Å². The highest BCUT2D eigenvalue weighted by Crippen LogP contribution is 2.27. The smallest absolute Gasteiger partial charge is 0.161 e. The van der Waals surface area contributed by atoms with Crippen LogP contribution in [-0.2, 0) is 0 Å². The fourth-order valence-corrected chi connectivity index (χ4v) is 2.21. The number of hydrogen-bond acceptors (Lipinski definition) is 4. The molecule has 1 heterocycles. The number of aromatic nitrogens is 2. The SMILES string of the molecule is Cc1ccc(-c2nc(C)c(C(C)C)c(NN)n2)cc1. The summed E-state index contributed by atoms with van der Waals surface area (Å²) in [6, 6.07) is 8.17. The van der Waals surface area contributed by atoms with Gasteiger partial charge in [0.15, 0.2) is 5.82 Å². The first-order chi connectivity index (χ1) is 9.02. The van der Waals surface area contributed by atoms with Gasteiger partial charge in [-0.25, -0.2) is 15.8 Å². The van der Waals surface area contributed by atoms with E-state index in [2.05, 4.69) is 48.3 Å². The zero-order valence-corrected chi connectivity index (χ0v) is 11.9. The van der Waals surface area contributed by atoms with Crippen LogP contribution in [-0.4, -0.2) is 9.97 Å². The van der Waals surface area contributed by atoms with E-state index in [0.717, 1.165) is 16.8 Å². The first-order valence-corrected chi connectivity index (χ1v) is 6.45. The molecule has 4 heteroatoms. The van der Waals surface area contributed by atoms with Gasteiger partial charge in [-0.15, -0.1) is 0 Å². The highest BCUT2D eigenvalue weighted by atomic mass is 15.3. The number of hydrazine groups is 1. The third-order valence-electron chi connectivity index (χ3n) is 3.16. The van der Waals surface area contributed by atoms with E-state index in [4.69, 9.17) is 5.84 Å². The second-order valence-corrected chi connectivity index (χ2v) is 5.06. The maximum absolute atomic E-state index is 5.59. The van der Waals surface area contributed by atoms with E-state index >= 15 is 0 Å². The maximum Gasteiger partial charge on any atom is 0.161 e. The predicted octanol–water partition coefficient (Wildman–Crippen LogP) is 3.17. The summed E-state index contributed by atoms with van der Waals surface area (Å²) in [4.78, 5) is 9.12. The molecule has 3 N–H and O–H groups in total. The Hall–Kier alpha value is -1.94. The molecule has 100 valence electrons. The molecule has 2 aromatic rings. The largest absolute Gasteiger partial charge is 0.308 e. The summed E-state index contributed by atoms with van der Waals surface area (Å²) in [5.74, 6) is 7.33. The van der Waals surface area contributed by atoms with Crippen LogP contribution in [0.15, 0.2) is 24.3 Å². The molecule has 0 aliphatic carbocycles. The van der Waals surface area contributed by atoms with E-state index in [1.807, 2.05) is 19.1 Å². The normalized spacial score (nSPS) is 10.8. The Bertz CT molecular complexity index is 573. The number of nitrogens with one attached hydrogen (secondary N) is 1. The number of hydrogen-bond donors (Lipinski definition) is 2. The van der Waals surface area contributed by atoms with Crippen LogP contribution in [0.4, 0.5) is 5.82 Å². The summed E-state index contributed by atoms with van der Waals surface area (Å²) < 4.78 is 0. The van der Waals surface area contributed by atoms with Crippen LogP contribution in [0.5, 0.6) is 0 Å². The molecule has 0 unspecified atom stereocenters. The van der Waals surface area contributed by atoms with Crippen LogP contribution >= 0.6 is 0 Å². The Morgan fingerprint density at radius 3 is 2.21 bits per heavy atom. The lowest BCUT2D eigenvalue weighted by molar-refractivity contribution is 0.832. The van der Waals surface area contributed by atoms with Crippen molar-refractivity contribution in [1.29, 1.82) is 0 Å². The van der Waals surface area contributed by atoms with Gasteiger partial charge in [0.1, 0.15) is 5.82 Å². The van der Waals surface area contributed by atoms with Crippen LogP contribution in [0.25, 0.3) is 11.4 Å². The highest BCUT2D eigenvalue weighted by Gasteiger charge is 2.14. The van der Waals surface area contributed by atoms with Crippen molar-refractivity contribution in [3.05, 3.63) is 41.1 Å². The Kier molecular flexibility index (Phi) is 3.81. The van der Waals surface area contributed by atoms with Gasteiger partial charge in [-0.1, -0.05) is 43.7 Å². The molecular formula is C15H20N4. The third kappa shape index (κ3) is 2.74. The number of anilines is 1. The summed E-state index contributed by atoms with van der Waals surface area (Å²) in [6.07, 6.45) is 0. The monoisotopic (exact) mass is 256 g/mol. The third-order valence-corrected chi connectivity index (χ3v) is 3.16. The first kappa shape index (κ1) is 13.5. The number of benzene rings is 1. The maximum atomic E-state index is 5.59. The Morgan fingerprint density at radius 1 is 1.05 bits per heavy atom. The quantitative estimate of drug-likeness (QED) is 0.654. The number of nitrogens with zero attached hydrogens (tertiary/aromatic N) is 2. The van der Waals surface area contributed by atoms with Crippen molar-refractivity contribution in [3.8, 4) is 11.4 Å². The molecule has 0 fully saturated rings. The lowest BCUT2D eigenvalue weighted by atomic mass is 10.0. The Morgan fingerprint density at radius 2 is 1.68 bits per heavy atom. The zero-order chi connectivity index (χ0) is 14.0. The topological polar surface area (TPSA) is 63.8 Å². The van der Waals surface area contributed by atoms with Crippen molar-refractivity contribution in [1.82, 2.24) is 9.97 Å². The van der Waals surface area contributed by atoms with E-state index in [0.29, 0.717) is 17.6 Å². The van der Waals surface area contributed by atoms with Gasteiger partial charge in [0.2, 0.25) is 0 Å². The molecule has 19 heavy (non-hydrogen) atoms. The Labute approximate surface area is 114 Å². The van der Waals surface area contributed by atoms with Crippen LogP contribution in [0.3, 0.4) is 0 Å². The minimum atomic E-state index is 0.332. The lowest BCUT2D eigenvalue weighted by Gasteiger charge is -2.15. The summed E-state index contributed by atoms with van der Waals surface area (Å²) >= 11 is 0. The Balaban J connectivity index is 2.54. The molecule has 0 aliphatic rings. The van der Waals surface area contributed by atoms with Gasteiger partial charge >= 0.3 is 0 Å². The number of aryl methyl sites for hydroxylation is 2. The molecule has 0 atom stereocenters. The fraction of sp³-hybridized carbons (Fsp3) is 0.333. The zero-order valence-electron chi connectivity index (χ0n) is 11.9. The molecule has 0 radical (unpaired) electrons. The molecule has 0 amide bonds. The molecule has 0 saturated carbocycles. The van der Waals surface area contributed by atoms with E-state index in [1.54, 1.807) is 0 Å². The number of nitrogens with two attached hydrogens (primary N) is 1. The van der Waals surface area contributed by atoms with E-state index < -0.39 is 0 Å². The molecule has 2 rings (SSSR count). The van der Waals surface area contributed by atoms with Gasteiger partial charge in [-0.05, 0) is 19.8 Å². The summed E-state index contributed by atoms with van der Waals surface area (Å²) in [5, 5.41) is 0. The first-order valence-electron chi connectivity index (χ1n) is 6.45. The molecule has 1 aromatic heterocycles. The summed E-state index contributed by atoms with van der Waals surface area (Å²) in [6.45, 7) is 8.27. The van der Waals surface area contributed by atoms with Crippen molar-refractivity contribution in [2.24, 2.45) is 5.84 Å². The molecular weight excluding hydrogens is 236 g/mol. The second-order valence-electron chi connectivity index (χ2n) is 5.06. The van der Waals surface area contributed by atoms with E-state index in [-0.39, 0.29) is 0 Å². The van der Waals surface area contributed by atoms with Crippen LogP contribution in [0.2, 0.25) is 0 Å². The predicted molar refractivity (Wildman–Crippen MR) is 78.8 cm³/mol. The highest BCUT2D eigenvalue weighted by molar-refractivity contribution is 5.60. The van der Waals surface area contributed by atoms with Gasteiger partial charge in [-0.3, -0.25) is 0 Å². The molecule has 0 bridgehead atoms. The van der Waals surface area contributed by atoms with Crippen molar-refractivity contribution in [3.63, 3.8) is 0 Å². The standard InChI is InChI=1S/C15H20N4/c1-9(2)13-11(4)17-14(18-15(13)19-16)12-7-5-10(3)6-8-12/h5-9H,16H2,1-4H3,(H,17,18,19). The minimum Gasteiger partial charge on any atom is -0.308 e. The van der Waals surface area contributed by atoms with Crippen molar-refractivity contribution >= 4 is 5.82 Å². The molecule has 0 saturated heterocycles. The van der Waals surface area contributed by atoms with Gasteiger partial charge in [0.05, 0.1) is 0 Å². The van der Waals surface area contributed by atoms with Crippen molar-refractivity contribution in [2.75, 3.05) is 5.43 Å². The van der Waals surface area contributed by atoms with Crippen LogP contribution in [0.1, 0.15) is 36.6 Å². The van der Waals surface area contributed by atoms with Crippen LogP contribution < -0.4 is 11.3 Å². The molecule has 0 aliphatic heterocycles. The molecule has 1 aromatic carbocycles. The number of rotatable bonds is 3. The summed E-state index contributed by atoms with van der Waals surface area (Å²) in [7, 11) is 0. The number of nitrogen functional groups attached to an aromatic ring is 1. The van der Waals surface area contributed by atoms with E-state index in [9.17, 15) is 0 Å². The van der Waals surface area contributed by atoms with Crippen LogP contribution in [0, 0.1) is 13.8 Å². The van der Waals surface area contributed by atoms with Gasteiger partial charge in [0, 0.05) is 16.8 Å². The van der Waals surface area contributed by atoms with Gasteiger partial charge in [0.25, 0.3) is 0 Å². The minimum absolute atomic E-state index is 0.332.